The number of hydrogen-bond donors (Lipinski definition) is 0. The van der Waals surface area contributed by atoms with Gasteiger partial charge in [0.1, 0.15) is 5.82 Å². The van der Waals surface area contributed by atoms with Crippen molar-refractivity contribution < 1.29 is 13.7 Å². The monoisotopic (exact) mass is 317 g/mol. The summed E-state index contributed by atoms with van der Waals surface area (Å²) in [7, 11) is 0. The lowest BCUT2D eigenvalue weighted by molar-refractivity contribution is 0.0962. The van der Waals surface area contributed by atoms with Gasteiger partial charge in [-0.1, -0.05) is 28.6 Å². The summed E-state index contributed by atoms with van der Waals surface area (Å²) >= 11 is 1.23. The first-order valence-electron chi connectivity index (χ1n) is 6.51. The van der Waals surface area contributed by atoms with Gasteiger partial charge in [-0.3, -0.25) is 4.79 Å². The molecule has 5 nitrogen and oxygen atoms in total. The van der Waals surface area contributed by atoms with Gasteiger partial charge in [-0.2, -0.15) is 4.99 Å². The molecular formula is C15H12FN3O2S. The second-order valence-electron chi connectivity index (χ2n) is 4.62. The van der Waals surface area contributed by atoms with Gasteiger partial charge in [0.15, 0.2) is 4.80 Å². The number of hydrogen-bond acceptors (Lipinski definition) is 4. The molecular weight excluding hydrogens is 305 g/mol. The number of amides is 1. The number of carbonyl (C=O) groups is 1. The van der Waals surface area contributed by atoms with Crippen LogP contribution in [0.25, 0.3) is 10.2 Å². The maximum Gasteiger partial charge on any atom is 0.318 e. The summed E-state index contributed by atoms with van der Waals surface area (Å²) in [4.78, 5) is 16.5. The Morgan fingerprint density at radius 1 is 1.59 bits per heavy atom. The average Bonchev–Trinajstić information content (AvgIpc) is 3.05. The third kappa shape index (κ3) is 2.50. The van der Waals surface area contributed by atoms with Crippen LogP contribution < -0.4 is 4.80 Å². The lowest BCUT2D eigenvalue weighted by atomic mass is 10.3. The van der Waals surface area contributed by atoms with E-state index < -0.39 is 5.91 Å². The number of nitrogens with zero attached hydrogens (tertiary/aromatic N) is 3. The van der Waals surface area contributed by atoms with Crippen LogP contribution in [0.3, 0.4) is 0 Å². The van der Waals surface area contributed by atoms with Crippen LogP contribution in [-0.2, 0) is 6.54 Å². The molecule has 2 aromatic heterocycles. The van der Waals surface area contributed by atoms with E-state index in [2.05, 4.69) is 16.7 Å². The van der Waals surface area contributed by atoms with Crippen molar-refractivity contribution in [1.29, 1.82) is 0 Å². The molecule has 7 heteroatoms. The zero-order valence-corrected chi connectivity index (χ0v) is 12.6. The Kier molecular flexibility index (Phi) is 3.72. The smallest absolute Gasteiger partial charge is 0.318 e. The van der Waals surface area contributed by atoms with Gasteiger partial charge in [0, 0.05) is 12.6 Å². The molecule has 3 rings (SSSR count). The van der Waals surface area contributed by atoms with Gasteiger partial charge < -0.3 is 9.09 Å². The first-order valence-corrected chi connectivity index (χ1v) is 7.33. The first kappa shape index (κ1) is 14.4. The van der Waals surface area contributed by atoms with Crippen molar-refractivity contribution in [2.75, 3.05) is 0 Å². The Balaban J connectivity index is 2.19. The van der Waals surface area contributed by atoms with Crippen LogP contribution in [0.4, 0.5) is 4.39 Å². The van der Waals surface area contributed by atoms with Gasteiger partial charge in [0.25, 0.3) is 0 Å². The van der Waals surface area contributed by atoms with Crippen molar-refractivity contribution in [3.05, 3.63) is 59.0 Å². The van der Waals surface area contributed by atoms with Crippen LogP contribution >= 0.6 is 11.3 Å². The number of benzene rings is 1. The third-order valence-electron chi connectivity index (χ3n) is 3.00. The standard InChI is InChI=1S/C15H12FN3O2S/c1-3-7-19-13-10(16)5-4-6-12(13)22-15(19)17-14(20)11-8-9(2)18-21-11/h3-6,8H,1,7H2,2H3. The summed E-state index contributed by atoms with van der Waals surface area (Å²) in [6.45, 7) is 5.72. The second kappa shape index (κ2) is 5.69. The SMILES string of the molecule is C=CCn1c(=NC(=O)c2cc(C)no2)sc2cccc(F)c21. The maximum absolute atomic E-state index is 14.0. The molecule has 0 fully saturated rings. The van der Waals surface area contributed by atoms with Crippen molar-refractivity contribution in [2.45, 2.75) is 13.5 Å². The summed E-state index contributed by atoms with van der Waals surface area (Å²) in [6.07, 6.45) is 1.63. The second-order valence-corrected chi connectivity index (χ2v) is 5.63. The van der Waals surface area contributed by atoms with E-state index in [0.717, 1.165) is 0 Å². The first-order chi connectivity index (χ1) is 10.6. The van der Waals surface area contributed by atoms with E-state index in [0.29, 0.717) is 27.3 Å². The largest absolute Gasteiger partial charge is 0.351 e. The highest BCUT2D eigenvalue weighted by atomic mass is 32.1. The minimum Gasteiger partial charge on any atom is -0.351 e. The van der Waals surface area contributed by atoms with Crippen molar-refractivity contribution in [1.82, 2.24) is 9.72 Å². The van der Waals surface area contributed by atoms with Crippen molar-refractivity contribution in [3.63, 3.8) is 0 Å². The number of carbonyl (C=O) groups excluding carboxylic acids is 1. The highest BCUT2D eigenvalue weighted by Crippen LogP contribution is 2.20. The Morgan fingerprint density at radius 3 is 3.09 bits per heavy atom. The van der Waals surface area contributed by atoms with Gasteiger partial charge in [-0.05, 0) is 19.1 Å². The molecule has 0 unspecified atom stereocenters. The van der Waals surface area contributed by atoms with E-state index in [-0.39, 0.29) is 11.6 Å². The van der Waals surface area contributed by atoms with Crippen LogP contribution in [0.2, 0.25) is 0 Å². The van der Waals surface area contributed by atoms with Crippen LogP contribution in [0.15, 0.2) is 46.4 Å². The highest BCUT2D eigenvalue weighted by molar-refractivity contribution is 7.16. The third-order valence-corrected chi connectivity index (χ3v) is 4.04. The highest BCUT2D eigenvalue weighted by Gasteiger charge is 2.14. The molecule has 0 spiro atoms. The summed E-state index contributed by atoms with van der Waals surface area (Å²) in [5, 5.41) is 3.66. The molecule has 1 aromatic carbocycles. The molecule has 3 aromatic rings. The van der Waals surface area contributed by atoms with Crippen LogP contribution in [0.1, 0.15) is 16.2 Å². The molecule has 22 heavy (non-hydrogen) atoms. The van der Waals surface area contributed by atoms with Gasteiger partial charge in [-0.15, -0.1) is 6.58 Å². The molecule has 0 N–H and O–H groups in total. The van der Waals surface area contributed by atoms with Crippen molar-refractivity contribution in [2.24, 2.45) is 4.99 Å². The number of fused-ring (bicyclic) bond motifs is 1. The molecule has 0 bridgehead atoms. The number of allylic oxidation sites excluding steroid dienone is 1. The molecule has 0 aliphatic heterocycles. The summed E-state index contributed by atoms with van der Waals surface area (Å²) in [5.74, 6) is -0.856. The lowest BCUT2D eigenvalue weighted by Gasteiger charge is -2.01. The maximum atomic E-state index is 14.0. The fourth-order valence-electron chi connectivity index (χ4n) is 2.08. The van der Waals surface area contributed by atoms with Gasteiger partial charge in [-0.25, -0.2) is 4.39 Å². The van der Waals surface area contributed by atoms with Crippen molar-refractivity contribution >= 4 is 27.5 Å². The quantitative estimate of drug-likeness (QED) is 0.698. The molecule has 0 saturated heterocycles. The lowest BCUT2D eigenvalue weighted by Crippen LogP contribution is -2.16. The van der Waals surface area contributed by atoms with E-state index in [4.69, 9.17) is 4.52 Å². The Bertz CT molecular complexity index is 936. The zero-order valence-electron chi connectivity index (χ0n) is 11.7. The minimum absolute atomic E-state index is 0.0561. The summed E-state index contributed by atoms with van der Waals surface area (Å²) in [6, 6.07) is 6.29. The molecule has 2 heterocycles. The van der Waals surface area contributed by atoms with E-state index in [9.17, 15) is 9.18 Å². The van der Waals surface area contributed by atoms with Gasteiger partial charge in [0.2, 0.25) is 5.76 Å². The fourth-order valence-corrected chi connectivity index (χ4v) is 3.13. The zero-order chi connectivity index (χ0) is 15.7. The number of halogens is 1. The molecule has 112 valence electrons. The number of para-hydroxylation sites is 1. The normalized spacial score (nSPS) is 12.0. The van der Waals surface area contributed by atoms with Gasteiger partial charge >= 0.3 is 5.91 Å². The molecule has 0 atom stereocenters. The minimum atomic E-state index is -0.551. The van der Waals surface area contributed by atoms with Gasteiger partial charge in [0.05, 0.1) is 15.9 Å². The average molecular weight is 317 g/mol. The van der Waals surface area contributed by atoms with E-state index in [1.165, 1.54) is 23.5 Å². The number of aryl methyl sites for hydroxylation is 1. The summed E-state index contributed by atoms with van der Waals surface area (Å²) < 4.78 is 21.3. The molecule has 0 aliphatic rings. The number of aromatic nitrogens is 2. The Morgan fingerprint density at radius 2 is 2.41 bits per heavy atom. The molecule has 0 aliphatic carbocycles. The predicted molar refractivity (Wildman–Crippen MR) is 81.1 cm³/mol. The van der Waals surface area contributed by atoms with E-state index in [1.54, 1.807) is 29.7 Å². The van der Waals surface area contributed by atoms with Crippen LogP contribution in [0, 0.1) is 12.7 Å². The molecule has 0 saturated carbocycles. The predicted octanol–water partition coefficient (Wildman–Crippen LogP) is 3.07. The van der Waals surface area contributed by atoms with E-state index >= 15 is 0 Å². The summed E-state index contributed by atoms with van der Waals surface area (Å²) in [5.41, 5.74) is 1.01. The van der Waals surface area contributed by atoms with Crippen molar-refractivity contribution in [3.8, 4) is 0 Å². The Labute approximate surface area is 129 Å². The number of rotatable bonds is 3. The number of thiazole rings is 1. The molecule has 1 amide bonds. The topological polar surface area (TPSA) is 60.4 Å². The Hall–Kier alpha value is -2.54. The van der Waals surface area contributed by atoms with Crippen LogP contribution in [-0.4, -0.2) is 15.6 Å². The molecule has 0 radical (unpaired) electrons. The van der Waals surface area contributed by atoms with E-state index in [1.807, 2.05) is 0 Å². The fraction of sp³-hybridized carbons (Fsp3) is 0.133. The van der Waals surface area contributed by atoms with Crippen LogP contribution in [0.5, 0.6) is 0 Å².